The van der Waals surface area contributed by atoms with Gasteiger partial charge in [0.1, 0.15) is 5.75 Å². The van der Waals surface area contributed by atoms with Crippen molar-refractivity contribution < 1.29 is 9.53 Å². The smallest absolute Gasteiger partial charge is 0.227 e. The molecule has 0 aliphatic carbocycles. The highest BCUT2D eigenvalue weighted by atomic mass is 16.5. The second-order valence-corrected chi connectivity index (χ2v) is 5.30. The number of nitrogens with zero attached hydrogens (tertiary/aromatic N) is 1. The van der Waals surface area contributed by atoms with Crippen LogP contribution < -0.4 is 21.1 Å². The van der Waals surface area contributed by atoms with E-state index in [1.165, 1.54) is 0 Å². The van der Waals surface area contributed by atoms with Crippen LogP contribution in [0.1, 0.15) is 20.8 Å². The van der Waals surface area contributed by atoms with Gasteiger partial charge in [-0.3, -0.25) is 9.79 Å². The maximum Gasteiger partial charge on any atom is 0.227 e. The Bertz CT molecular complexity index is 495. The van der Waals surface area contributed by atoms with Crippen molar-refractivity contribution in [3.63, 3.8) is 0 Å². The van der Waals surface area contributed by atoms with E-state index >= 15 is 0 Å². The van der Waals surface area contributed by atoms with Gasteiger partial charge in [0.25, 0.3) is 0 Å². The van der Waals surface area contributed by atoms with Crippen LogP contribution in [0.2, 0.25) is 0 Å². The van der Waals surface area contributed by atoms with Crippen molar-refractivity contribution in [3.8, 4) is 5.75 Å². The molecule has 6 heteroatoms. The number of carbonyl (C=O) groups is 1. The first-order valence-corrected chi connectivity index (χ1v) is 6.88. The number of ether oxygens (including phenoxy) is 1. The lowest BCUT2D eigenvalue weighted by Crippen LogP contribution is -2.39. The zero-order valence-electron chi connectivity index (χ0n) is 13.1. The van der Waals surface area contributed by atoms with Crippen molar-refractivity contribution in [2.45, 2.75) is 20.8 Å². The Hall–Kier alpha value is -2.24. The molecule has 1 aromatic rings. The van der Waals surface area contributed by atoms with Crippen molar-refractivity contribution in [3.05, 3.63) is 24.3 Å². The summed E-state index contributed by atoms with van der Waals surface area (Å²) in [6.45, 7) is 6.47. The fourth-order valence-corrected chi connectivity index (χ4v) is 1.62. The van der Waals surface area contributed by atoms with E-state index in [0.29, 0.717) is 13.1 Å². The van der Waals surface area contributed by atoms with Crippen LogP contribution in [-0.4, -0.2) is 32.1 Å². The molecule has 1 rings (SSSR count). The van der Waals surface area contributed by atoms with Crippen LogP contribution in [0, 0.1) is 5.41 Å². The molecule has 116 valence electrons. The fraction of sp³-hybridized carbons (Fsp3) is 0.467. The molecule has 0 fully saturated rings. The average Bonchev–Trinajstić information content (AvgIpc) is 2.46. The number of hydrogen-bond acceptors (Lipinski definition) is 3. The first kappa shape index (κ1) is 16.8. The number of aliphatic imine (C=N–C) groups is 1. The van der Waals surface area contributed by atoms with Gasteiger partial charge in [-0.05, 0) is 45.0 Å². The average molecular weight is 292 g/mol. The summed E-state index contributed by atoms with van der Waals surface area (Å²) in [6, 6.07) is 7.34. The Morgan fingerprint density at radius 1 is 1.33 bits per heavy atom. The molecule has 0 bridgehead atoms. The van der Waals surface area contributed by atoms with E-state index < -0.39 is 5.41 Å². The second kappa shape index (κ2) is 7.52. The molecular weight excluding hydrogens is 268 g/mol. The Morgan fingerprint density at radius 3 is 2.48 bits per heavy atom. The van der Waals surface area contributed by atoms with Gasteiger partial charge in [0.15, 0.2) is 5.96 Å². The zero-order valence-corrected chi connectivity index (χ0v) is 13.1. The molecule has 1 aromatic carbocycles. The Balaban J connectivity index is 2.61. The van der Waals surface area contributed by atoms with Crippen LogP contribution in [0.15, 0.2) is 29.3 Å². The molecule has 0 spiro atoms. The summed E-state index contributed by atoms with van der Waals surface area (Å²) in [5.41, 5.74) is 6.05. The topological polar surface area (TPSA) is 88.7 Å². The van der Waals surface area contributed by atoms with Gasteiger partial charge in [-0.25, -0.2) is 0 Å². The maximum atomic E-state index is 11.9. The first-order valence-electron chi connectivity index (χ1n) is 6.88. The van der Waals surface area contributed by atoms with Gasteiger partial charge >= 0.3 is 0 Å². The number of carbonyl (C=O) groups excluding carboxylic acids is 1. The maximum absolute atomic E-state index is 11.9. The minimum atomic E-state index is -0.595. The summed E-state index contributed by atoms with van der Waals surface area (Å²) in [6.07, 6.45) is 0. The van der Waals surface area contributed by atoms with Crippen LogP contribution in [0.5, 0.6) is 5.75 Å². The molecular formula is C15H24N4O2. The second-order valence-electron chi connectivity index (χ2n) is 5.30. The number of methoxy groups -OCH3 is 1. The molecule has 0 aliphatic heterocycles. The molecule has 0 aromatic heterocycles. The van der Waals surface area contributed by atoms with Crippen molar-refractivity contribution in [2.75, 3.05) is 25.5 Å². The largest absolute Gasteiger partial charge is 0.497 e. The number of nitrogens with one attached hydrogen (secondary N) is 2. The van der Waals surface area contributed by atoms with E-state index in [1.54, 1.807) is 7.11 Å². The third-order valence-corrected chi connectivity index (χ3v) is 2.96. The number of rotatable bonds is 6. The standard InChI is InChI=1S/C15H24N4O2/c1-5-17-13(20)15(2,3)10-18-14(16)19-11-6-8-12(21-4)9-7-11/h6-9H,5,10H2,1-4H3,(H,17,20)(H3,16,18,19). The first-order chi connectivity index (χ1) is 9.89. The zero-order chi connectivity index (χ0) is 15.9. The van der Waals surface area contributed by atoms with Crippen molar-refractivity contribution in [2.24, 2.45) is 16.1 Å². The number of nitrogens with two attached hydrogens (primary N) is 1. The quantitative estimate of drug-likeness (QED) is 0.548. The predicted molar refractivity (Wildman–Crippen MR) is 85.6 cm³/mol. The van der Waals surface area contributed by atoms with Crippen molar-refractivity contribution in [1.82, 2.24) is 5.32 Å². The molecule has 0 unspecified atom stereocenters. The van der Waals surface area contributed by atoms with E-state index in [-0.39, 0.29) is 11.9 Å². The summed E-state index contributed by atoms with van der Waals surface area (Å²) in [7, 11) is 1.61. The Morgan fingerprint density at radius 2 is 1.95 bits per heavy atom. The monoisotopic (exact) mass is 292 g/mol. The van der Waals surface area contributed by atoms with Crippen molar-refractivity contribution in [1.29, 1.82) is 0 Å². The lowest BCUT2D eigenvalue weighted by molar-refractivity contribution is -0.128. The minimum Gasteiger partial charge on any atom is -0.497 e. The van der Waals surface area contributed by atoms with Crippen LogP contribution in [0.4, 0.5) is 5.69 Å². The molecule has 0 saturated heterocycles. The number of anilines is 1. The van der Waals surface area contributed by atoms with Crippen LogP contribution in [0.3, 0.4) is 0 Å². The number of benzene rings is 1. The molecule has 0 aliphatic rings. The molecule has 0 heterocycles. The normalized spacial score (nSPS) is 11.9. The molecule has 0 atom stereocenters. The third kappa shape index (κ3) is 5.33. The number of guanidine groups is 1. The van der Waals surface area contributed by atoms with E-state index in [0.717, 1.165) is 11.4 Å². The summed E-state index contributed by atoms with van der Waals surface area (Å²) < 4.78 is 5.08. The van der Waals surface area contributed by atoms with E-state index in [9.17, 15) is 4.79 Å². The van der Waals surface area contributed by atoms with Gasteiger partial charge in [0, 0.05) is 12.2 Å². The lowest BCUT2D eigenvalue weighted by Gasteiger charge is -2.21. The minimum absolute atomic E-state index is 0.0361. The fourth-order valence-electron chi connectivity index (χ4n) is 1.62. The van der Waals surface area contributed by atoms with E-state index in [2.05, 4.69) is 15.6 Å². The van der Waals surface area contributed by atoms with E-state index in [1.807, 2.05) is 45.0 Å². The lowest BCUT2D eigenvalue weighted by atomic mass is 9.92. The van der Waals surface area contributed by atoms with Gasteiger partial charge < -0.3 is 21.1 Å². The Kier molecular flexibility index (Phi) is 6.02. The van der Waals surface area contributed by atoms with Crippen LogP contribution in [-0.2, 0) is 4.79 Å². The highest BCUT2D eigenvalue weighted by molar-refractivity contribution is 5.92. The number of amides is 1. The van der Waals surface area contributed by atoms with Crippen LogP contribution in [0.25, 0.3) is 0 Å². The molecule has 0 saturated carbocycles. The molecule has 0 radical (unpaired) electrons. The van der Waals surface area contributed by atoms with Gasteiger partial charge in [0.05, 0.1) is 19.1 Å². The van der Waals surface area contributed by atoms with E-state index in [4.69, 9.17) is 10.5 Å². The molecule has 6 nitrogen and oxygen atoms in total. The van der Waals surface area contributed by atoms with Gasteiger partial charge in [-0.1, -0.05) is 0 Å². The van der Waals surface area contributed by atoms with Gasteiger partial charge in [-0.2, -0.15) is 0 Å². The van der Waals surface area contributed by atoms with Gasteiger partial charge in [0.2, 0.25) is 5.91 Å². The predicted octanol–water partition coefficient (Wildman–Crippen LogP) is 1.58. The summed E-state index contributed by atoms with van der Waals surface area (Å²) in [4.78, 5) is 16.1. The summed E-state index contributed by atoms with van der Waals surface area (Å²) in [5.74, 6) is 1.01. The third-order valence-electron chi connectivity index (χ3n) is 2.96. The highest BCUT2D eigenvalue weighted by Gasteiger charge is 2.26. The highest BCUT2D eigenvalue weighted by Crippen LogP contribution is 2.16. The van der Waals surface area contributed by atoms with Gasteiger partial charge in [-0.15, -0.1) is 0 Å². The van der Waals surface area contributed by atoms with Crippen LogP contribution >= 0.6 is 0 Å². The Labute approximate surface area is 125 Å². The summed E-state index contributed by atoms with van der Waals surface area (Å²) in [5, 5.41) is 5.77. The van der Waals surface area contributed by atoms with Crippen molar-refractivity contribution >= 4 is 17.6 Å². The SMILES string of the molecule is CCNC(=O)C(C)(C)CN=C(N)Nc1ccc(OC)cc1. The molecule has 4 N–H and O–H groups in total. The number of hydrogen-bond donors (Lipinski definition) is 3. The molecule has 21 heavy (non-hydrogen) atoms. The molecule has 1 amide bonds. The summed E-state index contributed by atoms with van der Waals surface area (Å²) >= 11 is 0.